The van der Waals surface area contributed by atoms with Gasteiger partial charge in [0, 0.05) is 20.9 Å². The second kappa shape index (κ2) is 5.71. The normalized spacial score (nSPS) is 12.0. The van der Waals surface area contributed by atoms with Crippen LogP contribution in [0.5, 0.6) is 6.01 Å². The Morgan fingerprint density at radius 1 is 1.32 bits per heavy atom. The van der Waals surface area contributed by atoms with Crippen molar-refractivity contribution < 1.29 is 9.47 Å². The predicted octanol–water partition coefficient (Wildman–Crippen LogP) is 2.75. The van der Waals surface area contributed by atoms with Crippen molar-refractivity contribution >= 4 is 19.1 Å². The Bertz CT molecular complexity index is 548. The Labute approximate surface area is 114 Å². The molecule has 104 valence electrons. The van der Waals surface area contributed by atoms with Gasteiger partial charge in [-0.25, -0.2) is 4.98 Å². The highest BCUT2D eigenvalue weighted by molar-refractivity contribution is 6.76. The maximum atomic E-state index is 5.73. The van der Waals surface area contributed by atoms with E-state index in [1.807, 2.05) is 16.8 Å². The molecule has 0 saturated carbocycles. The molecule has 2 aromatic heterocycles. The molecule has 2 heterocycles. The first kappa shape index (κ1) is 14.0. The number of ether oxygens (including phenoxy) is 2. The van der Waals surface area contributed by atoms with Gasteiger partial charge in [0.25, 0.3) is 0 Å². The number of aromatic nitrogens is 3. The van der Waals surface area contributed by atoms with Crippen LogP contribution in [-0.4, -0.2) is 36.3 Å². The third kappa shape index (κ3) is 3.78. The van der Waals surface area contributed by atoms with Crippen LogP contribution in [0, 0.1) is 0 Å². The zero-order valence-corrected chi connectivity index (χ0v) is 13.0. The molecule has 0 spiro atoms. The third-order valence-electron chi connectivity index (χ3n) is 2.91. The minimum Gasteiger partial charge on any atom is -0.467 e. The van der Waals surface area contributed by atoms with Crippen molar-refractivity contribution in [3.05, 3.63) is 18.5 Å². The average Bonchev–Trinajstić information content (AvgIpc) is 2.75. The number of hydrogen-bond acceptors (Lipinski definition) is 4. The first-order chi connectivity index (χ1) is 8.99. The minimum absolute atomic E-state index is 0.393. The molecule has 0 fully saturated rings. The van der Waals surface area contributed by atoms with E-state index in [4.69, 9.17) is 9.47 Å². The largest absolute Gasteiger partial charge is 0.467 e. The lowest BCUT2D eigenvalue weighted by atomic mass is 10.5. The summed E-state index contributed by atoms with van der Waals surface area (Å²) in [5.41, 5.74) is 1.84. The van der Waals surface area contributed by atoms with Crippen LogP contribution in [0.3, 0.4) is 0 Å². The molecule has 19 heavy (non-hydrogen) atoms. The maximum absolute atomic E-state index is 5.73. The number of rotatable bonds is 6. The van der Waals surface area contributed by atoms with Gasteiger partial charge in [-0.2, -0.15) is 4.98 Å². The molecule has 0 aliphatic carbocycles. The Morgan fingerprint density at radius 2 is 2.11 bits per heavy atom. The summed E-state index contributed by atoms with van der Waals surface area (Å²) in [4.78, 5) is 8.40. The molecule has 2 rings (SSSR count). The number of nitrogens with zero attached hydrogens (tertiary/aromatic N) is 3. The first-order valence-corrected chi connectivity index (χ1v) is 10.1. The fraction of sp³-hybridized carbons (Fsp3) is 0.538. The van der Waals surface area contributed by atoms with E-state index in [1.165, 1.54) is 6.04 Å². The SMILES string of the molecule is COc1ncc2c(ccn2COCC[Si](C)(C)C)n1. The monoisotopic (exact) mass is 279 g/mol. The highest BCUT2D eigenvalue weighted by Gasteiger charge is 2.12. The van der Waals surface area contributed by atoms with Crippen molar-refractivity contribution in [3.63, 3.8) is 0 Å². The van der Waals surface area contributed by atoms with E-state index in [-0.39, 0.29) is 0 Å². The highest BCUT2D eigenvalue weighted by atomic mass is 28.3. The van der Waals surface area contributed by atoms with Crippen molar-refractivity contribution in [1.29, 1.82) is 0 Å². The molecule has 5 nitrogen and oxygen atoms in total. The lowest BCUT2D eigenvalue weighted by Crippen LogP contribution is -2.21. The Balaban J connectivity index is 1.98. The smallest absolute Gasteiger partial charge is 0.316 e. The van der Waals surface area contributed by atoms with Gasteiger partial charge in [0.05, 0.1) is 24.3 Å². The average molecular weight is 279 g/mol. The van der Waals surface area contributed by atoms with Gasteiger partial charge in [-0.3, -0.25) is 0 Å². The molecule has 0 radical (unpaired) electrons. The Hall–Kier alpha value is -1.40. The van der Waals surface area contributed by atoms with Crippen LogP contribution < -0.4 is 4.74 Å². The molecule has 0 aliphatic heterocycles. The summed E-state index contributed by atoms with van der Waals surface area (Å²) in [5, 5.41) is 0. The topological polar surface area (TPSA) is 49.2 Å². The van der Waals surface area contributed by atoms with Gasteiger partial charge in [-0.1, -0.05) is 19.6 Å². The molecular weight excluding hydrogens is 258 g/mol. The van der Waals surface area contributed by atoms with E-state index in [0.29, 0.717) is 12.7 Å². The Kier molecular flexibility index (Phi) is 4.21. The third-order valence-corrected chi connectivity index (χ3v) is 4.61. The fourth-order valence-corrected chi connectivity index (χ4v) is 2.47. The second-order valence-corrected chi connectivity index (χ2v) is 11.4. The number of methoxy groups -OCH3 is 1. The summed E-state index contributed by atoms with van der Waals surface area (Å²) >= 11 is 0. The van der Waals surface area contributed by atoms with Crippen LogP contribution in [0.25, 0.3) is 11.0 Å². The second-order valence-electron chi connectivity index (χ2n) is 5.76. The van der Waals surface area contributed by atoms with Gasteiger partial charge in [0.15, 0.2) is 0 Å². The lowest BCUT2D eigenvalue weighted by molar-refractivity contribution is 0.0902. The van der Waals surface area contributed by atoms with Gasteiger partial charge in [-0.05, 0) is 12.1 Å². The van der Waals surface area contributed by atoms with E-state index in [1.54, 1.807) is 13.3 Å². The molecule has 6 heteroatoms. The minimum atomic E-state index is -1.02. The predicted molar refractivity (Wildman–Crippen MR) is 78.2 cm³/mol. The van der Waals surface area contributed by atoms with Crippen molar-refractivity contribution in [2.45, 2.75) is 32.4 Å². The van der Waals surface area contributed by atoms with Crippen LogP contribution in [0.2, 0.25) is 25.7 Å². The van der Waals surface area contributed by atoms with Gasteiger partial charge in [-0.15, -0.1) is 0 Å². The van der Waals surface area contributed by atoms with Crippen LogP contribution in [0.1, 0.15) is 0 Å². The van der Waals surface area contributed by atoms with E-state index >= 15 is 0 Å². The van der Waals surface area contributed by atoms with E-state index in [2.05, 4.69) is 29.6 Å². The lowest BCUT2D eigenvalue weighted by Gasteiger charge is -2.15. The standard InChI is InChI=1S/C13H21N3O2Si/c1-17-13-14-9-12-11(15-13)5-6-16(12)10-18-7-8-19(2,3)4/h5-6,9H,7-8,10H2,1-4H3. The molecule has 0 N–H and O–H groups in total. The summed E-state index contributed by atoms with van der Waals surface area (Å²) < 4.78 is 12.8. The van der Waals surface area contributed by atoms with Gasteiger partial charge >= 0.3 is 6.01 Å². The summed E-state index contributed by atoms with van der Waals surface area (Å²) in [5.74, 6) is 0. The van der Waals surface area contributed by atoms with Crippen LogP contribution >= 0.6 is 0 Å². The molecule has 0 aliphatic rings. The summed E-state index contributed by atoms with van der Waals surface area (Å²) in [6.07, 6.45) is 3.73. The van der Waals surface area contributed by atoms with Gasteiger partial charge in [0.2, 0.25) is 0 Å². The Morgan fingerprint density at radius 3 is 2.79 bits per heavy atom. The van der Waals surface area contributed by atoms with Gasteiger partial charge < -0.3 is 14.0 Å². The quantitative estimate of drug-likeness (QED) is 0.602. The summed E-state index contributed by atoms with van der Waals surface area (Å²) in [7, 11) is 0.546. The zero-order valence-electron chi connectivity index (χ0n) is 12.0. The van der Waals surface area contributed by atoms with Crippen molar-refractivity contribution in [2.24, 2.45) is 0 Å². The zero-order chi connectivity index (χ0) is 13.9. The van der Waals surface area contributed by atoms with Gasteiger partial charge in [0.1, 0.15) is 6.73 Å². The maximum Gasteiger partial charge on any atom is 0.316 e. The molecule has 0 saturated heterocycles. The van der Waals surface area contributed by atoms with Crippen LogP contribution in [0.15, 0.2) is 18.5 Å². The van der Waals surface area contributed by atoms with Crippen molar-refractivity contribution in [2.75, 3.05) is 13.7 Å². The van der Waals surface area contributed by atoms with E-state index in [9.17, 15) is 0 Å². The highest BCUT2D eigenvalue weighted by Crippen LogP contribution is 2.15. The van der Waals surface area contributed by atoms with Crippen molar-refractivity contribution in [3.8, 4) is 6.01 Å². The molecule has 0 atom stereocenters. The van der Waals surface area contributed by atoms with Crippen molar-refractivity contribution in [1.82, 2.24) is 14.5 Å². The molecule has 2 aromatic rings. The fourth-order valence-electron chi connectivity index (χ4n) is 1.71. The summed E-state index contributed by atoms with van der Waals surface area (Å²) in [6.45, 7) is 8.40. The molecule has 0 bridgehead atoms. The number of fused-ring (bicyclic) bond motifs is 1. The molecule has 0 amide bonds. The number of hydrogen-bond donors (Lipinski definition) is 0. The van der Waals surface area contributed by atoms with Crippen LogP contribution in [-0.2, 0) is 11.5 Å². The van der Waals surface area contributed by atoms with E-state index in [0.717, 1.165) is 17.6 Å². The van der Waals surface area contributed by atoms with E-state index < -0.39 is 8.07 Å². The molecule has 0 unspecified atom stereocenters. The summed E-state index contributed by atoms with van der Waals surface area (Å²) in [6, 6.07) is 3.52. The molecule has 0 aromatic carbocycles. The van der Waals surface area contributed by atoms with Crippen LogP contribution in [0.4, 0.5) is 0 Å². The molecular formula is C13H21N3O2Si. The first-order valence-electron chi connectivity index (χ1n) is 6.43.